The summed E-state index contributed by atoms with van der Waals surface area (Å²) in [7, 11) is -3.38. The minimum atomic E-state index is -3.38. The second kappa shape index (κ2) is 4.59. The van der Waals surface area contributed by atoms with Gasteiger partial charge in [-0.25, -0.2) is 13.1 Å². The van der Waals surface area contributed by atoms with Crippen LogP contribution in [0, 0.1) is 0 Å². The van der Waals surface area contributed by atoms with Crippen molar-refractivity contribution in [3.63, 3.8) is 0 Å². The van der Waals surface area contributed by atoms with Gasteiger partial charge >= 0.3 is 0 Å². The summed E-state index contributed by atoms with van der Waals surface area (Å²) in [5, 5.41) is 2.88. The van der Waals surface area contributed by atoms with E-state index in [4.69, 9.17) is 5.73 Å². The Balaban J connectivity index is 2.13. The third-order valence-corrected chi connectivity index (χ3v) is 3.97. The average Bonchev–Trinajstić information content (AvgIpc) is 3.01. The number of sulfonamides is 1. The zero-order valence-corrected chi connectivity index (χ0v) is 10.6. The van der Waals surface area contributed by atoms with Gasteiger partial charge in [0.05, 0.1) is 4.90 Å². The first-order valence-electron chi connectivity index (χ1n) is 5.16. The highest BCUT2D eigenvalue weighted by Gasteiger charge is 2.27. The van der Waals surface area contributed by atoms with Gasteiger partial charge in [-0.15, -0.1) is 0 Å². The molecule has 0 radical (unpaired) electrons. The summed E-state index contributed by atoms with van der Waals surface area (Å²) in [6.45, 7) is 0. The molecule has 0 atom stereocenters. The summed E-state index contributed by atoms with van der Waals surface area (Å²) < 4.78 is 26.3. The van der Waals surface area contributed by atoms with Crippen LogP contribution in [0.5, 0.6) is 0 Å². The maximum atomic E-state index is 11.8. The lowest BCUT2D eigenvalue weighted by Crippen LogP contribution is -2.25. The fourth-order valence-electron chi connectivity index (χ4n) is 1.35. The first-order valence-corrected chi connectivity index (χ1v) is 7.05. The lowest BCUT2D eigenvalue weighted by molar-refractivity contribution is 0.581. The molecular formula is C10H13N3O2S2. The summed E-state index contributed by atoms with van der Waals surface area (Å²) in [5.41, 5.74) is 5.98. The van der Waals surface area contributed by atoms with Gasteiger partial charge in [0.2, 0.25) is 10.0 Å². The molecule has 0 saturated heterocycles. The van der Waals surface area contributed by atoms with Gasteiger partial charge in [0.25, 0.3) is 0 Å². The lowest BCUT2D eigenvalue weighted by atomic mass is 10.3. The highest BCUT2D eigenvalue weighted by Crippen LogP contribution is 2.22. The maximum absolute atomic E-state index is 11.8. The Morgan fingerprint density at radius 2 is 1.88 bits per heavy atom. The minimum absolute atomic E-state index is 0.106. The first kappa shape index (κ1) is 12.3. The lowest BCUT2D eigenvalue weighted by Gasteiger charge is -2.07. The van der Waals surface area contributed by atoms with Crippen molar-refractivity contribution in [1.82, 2.24) is 4.72 Å². The van der Waals surface area contributed by atoms with E-state index in [9.17, 15) is 8.42 Å². The number of anilines is 1. The first-order chi connectivity index (χ1) is 7.97. The molecule has 0 unspecified atom stereocenters. The molecule has 92 valence electrons. The standard InChI is InChI=1S/C10H13N3O2S2/c11-10(16)12-7-3-5-9(6-4-7)17(14,15)13-8-1-2-8/h3-6,8,13H,1-2H2,(H3,11,12,16). The number of rotatable bonds is 4. The van der Waals surface area contributed by atoms with Crippen molar-refractivity contribution in [3.05, 3.63) is 24.3 Å². The molecule has 0 bridgehead atoms. The van der Waals surface area contributed by atoms with E-state index in [-0.39, 0.29) is 16.0 Å². The molecule has 0 spiro atoms. The number of benzene rings is 1. The maximum Gasteiger partial charge on any atom is 0.240 e. The SMILES string of the molecule is NC(=S)Nc1ccc(S(=O)(=O)NC2CC2)cc1. The van der Waals surface area contributed by atoms with Crippen LogP contribution in [0.3, 0.4) is 0 Å². The number of thiocarbonyl (C=S) groups is 1. The van der Waals surface area contributed by atoms with Crippen molar-refractivity contribution in [1.29, 1.82) is 0 Å². The number of nitrogens with two attached hydrogens (primary N) is 1. The van der Waals surface area contributed by atoms with Crippen molar-refractivity contribution in [2.24, 2.45) is 5.73 Å². The van der Waals surface area contributed by atoms with E-state index < -0.39 is 10.0 Å². The zero-order chi connectivity index (χ0) is 12.5. The van der Waals surface area contributed by atoms with Crippen molar-refractivity contribution in [2.45, 2.75) is 23.8 Å². The molecule has 7 heteroatoms. The van der Waals surface area contributed by atoms with Crippen LogP contribution in [-0.2, 0) is 10.0 Å². The largest absolute Gasteiger partial charge is 0.376 e. The molecule has 0 amide bonds. The summed E-state index contributed by atoms with van der Waals surface area (Å²) in [6, 6.07) is 6.40. The molecule has 5 nitrogen and oxygen atoms in total. The van der Waals surface area contributed by atoms with Gasteiger partial charge in [-0.1, -0.05) is 0 Å². The Morgan fingerprint density at radius 3 is 2.35 bits per heavy atom. The minimum Gasteiger partial charge on any atom is -0.376 e. The molecule has 0 aliphatic heterocycles. The van der Waals surface area contributed by atoms with E-state index in [1.54, 1.807) is 12.1 Å². The third kappa shape index (κ3) is 3.39. The molecule has 2 rings (SSSR count). The van der Waals surface area contributed by atoms with Crippen LogP contribution in [0.2, 0.25) is 0 Å². The second-order valence-electron chi connectivity index (χ2n) is 3.91. The quantitative estimate of drug-likeness (QED) is 0.705. The number of hydrogen-bond acceptors (Lipinski definition) is 3. The fraction of sp³-hybridized carbons (Fsp3) is 0.300. The molecule has 1 fully saturated rings. The molecule has 4 N–H and O–H groups in total. The molecule has 1 aromatic rings. The predicted octanol–water partition coefficient (Wildman–Crippen LogP) is 0.783. The Labute approximate surface area is 105 Å². The van der Waals surface area contributed by atoms with Crippen LogP contribution < -0.4 is 15.8 Å². The van der Waals surface area contributed by atoms with E-state index in [1.165, 1.54) is 12.1 Å². The van der Waals surface area contributed by atoms with Crippen molar-refractivity contribution < 1.29 is 8.42 Å². The average molecular weight is 271 g/mol. The van der Waals surface area contributed by atoms with Crippen molar-refractivity contribution >= 4 is 33.0 Å². The van der Waals surface area contributed by atoms with Gasteiger partial charge in [0.1, 0.15) is 0 Å². The van der Waals surface area contributed by atoms with Crippen molar-refractivity contribution in [3.8, 4) is 0 Å². The third-order valence-electron chi connectivity index (χ3n) is 2.33. The Hall–Kier alpha value is -1.18. The smallest absolute Gasteiger partial charge is 0.240 e. The summed E-state index contributed by atoms with van der Waals surface area (Å²) in [5.74, 6) is 0. The van der Waals surface area contributed by atoms with Gasteiger partial charge < -0.3 is 11.1 Å². The van der Waals surface area contributed by atoms with Crippen LogP contribution in [0.4, 0.5) is 5.69 Å². The molecule has 0 heterocycles. The van der Waals surface area contributed by atoms with Gasteiger partial charge in [-0.2, -0.15) is 0 Å². The van der Waals surface area contributed by atoms with E-state index >= 15 is 0 Å². The van der Waals surface area contributed by atoms with Gasteiger partial charge in [-0.3, -0.25) is 0 Å². The van der Waals surface area contributed by atoms with Crippen LogP contribution in [0.15, 0.2) is 29.2 Å². The molecule has 1 aliphatic rings. The highest BCUT2D eigenvalue weighted by atomic mass is 32.2. The molecule has 17 heavy (non-hydrogen) atoms. The fourth-order valence-corrected chi connectivity index (χ4v) is 2.77. The van der Waals surface area contributed by atoms with Crippen molar-refractivity contribution in [2.75, 3.05) is 5.32 Å². The van der Waals surface area contributed by atoms with Gasteiger partial charge in [0.15, 0.2) is 5.11 Å². The van der Waals surface area contributed by atoms with E-state index in [2.05, 4.69) is 22.3 Å². The summed E-state index contributed by atoms with van der Waals surface area (Å²) >= 11 is 4.69. The molecule has 1 aliphatic carbocycles. The Morgan fingerprint density at radius 1 is 1.29 bits per heavy atom. The monoisotopic (exact) mass is 271 g/mol. The van der Waals surface area contributed by atoms with Gasteiger partial charge in [-0.05, 0) is 49.3 Å². The van der Waals surface area contributed by atoms with Crippen LogP contribution in [0.1, 0.15) is 12.8 Å². The molecular weight excluding hydrogens is 258 g/mol. The summed E-state index contributed by atoms with van der Waals surface area (Å²) in [6.07, 6.45) is 1.83. The zero-order valence-electron chi connectivity index (χ0n) is 9.01. The van der Waals surface area contributed by atoms with Crippen LogP contribution >= 0.6 is 12.2 Å². The number of hydrogen-bond donors (Lipinski definition) is 3. The topological polar surface area (TPSA) is 84.2 Å². The molecule has 0 aromatic heterocycles. The van der Waals surface area contributed by atoms with E-state index in [1.807, 2.05) is 0 Å². The van der Waals surface area contributed by atoms with Gasteiger partial charge in [0, 0.05) is 11.7 Å². The van der Waals surface area contributed by atoms with E-state index in [0.717, 1.165) is 12.8 Å². The van der Waals surface area contributed by atoms with Crippen LogP contribution in [-0.4, -0.2) is 19.6 Å². The van der Waals surface area contributed by atoms with E-state index in [0.29, 0.717) is 5.69 Å². The normalized spacial score (nSPS) is 15.5. The molecule has 1 aromatic carbocycles. The Bertz CT molecular complexity index is 521. The summed E-state index contributed by atoms with van der Waals surface area (Å²) in [4.78, 5) is 0.248. The Kier molecular flexibility index (Phi) is 3.32. The highest BCUT2D eigenvalue weighted by molar-refractivity contribution is 7.89. The number of nitrogens with one attached hydrogen (secondary N) is 2. The predicted molar refractivity (Wildman–Crippen MR) is 70.2 cm³/mol. The van der Waals surface area contributed by atoms with Crippen LogP contribution in [0.25, 0.3) is 0 Å². The second-order valence-corrected chi connectivity index (χ2v) is 6.06. The molecule has 1 saturated carbocycles.